The summed E-state index contributed by atoms with van der Waals surface area (Å²) in [6.45, 7) is 2.01. The molecule has 0 radical (unpaired) electrons. The summed E-state index contributed by atoms with van der Waals surface area (Å²) >= 11 is 0. The molecule has 1 atom stereocenters. The van der Waals surface area contributed by atoms with Crippen LogP contribution in [0, 0.1) is 0 Å². The molecule has 1 N–H and O–H groups in total. The van der Waals surface area contributed by atoms with Crippen molar-refractivity contribution in [2.24, 2.45) is 0 Å². The second kappa shape index (κ2) is 5.16. The highest BCUT2D eigenvalue weighted by Crippen LogP contribution is 2.41. The summed E-state index contributed by atoms with van der Waals surface area (Å²) in [4.78, 5) is 0. The van der Waals surface area contributed by atoms with Gasteiger partial charge < -0.3 is 10.1 Å². The number of morpholine rings is 1. The van der Waals surface area contributed by atoms with Gasteiger partial charge in [0.25, 0.3) is 0 Å². The van der Waals surface area contributed by atoms with Crippen molar-refractivity contribution in [2.45, 2.75) is 62.6 Å². The quantitative estimate of drug-likeness (QED) is 0.880. The molecule has 2 aliphatic carbocycles. The van der Waals surface area contributed by atoms with Gasteiger partial charge >= 0.3 is 0 Å². The van der Waals surface area contributed by atoms with Crippen molar-refractivity contribution >= 4 is 0 Å². The monoisotopic (exact) mass is 271 g/mol. The number of hydrogen-bond acceptors (Lipinski definition) is 2. The second-order valence-corrected chi connectivity index (χ2v) is 6.92. The Morgan fingerprint density at radius 1 is 0.950 bits per heavy atom. The average molecular weight is 271 g/mol. The smallest absolute Gasteiger partial charge is 0.0957 e. The molecule has 1 spiro atoms. The first-order chi connectivity index (χ1) is 9.85. The molecule has 0 bridgehead atoms. The predicted octanol–water partition coefficient (Wildman–Crippen LogP) is 3.93. The summed E-state index contributed by atoms with van der Waals surface area (Å²) < 4.78 is 6.55. The van der Waals surface area contributed by atoms with Gasteiger partial charge in [0.2, 0.25) is 0 Å². The fourth-order valence-electron chi connectivity index (χ4n) is 3.89. The van der Waals surface area contributed by atoms with Crippen LogP contribution in [-0.4, -0.2) is 18.7 Å². The van der Waals surface area contributed by atoms with E-state index in [4.69, 9.17) is 4.74 Å². The fraction of sp³-hybridized carbons (Fsp3) is 0.667. The van der Waals surface area contributed by atoms with E-state index in [0.29, 0.717) is 0 Å². The Hall–Kier alpha value is -0.860. The molecule has 3 fully saturated rings. The van der Waals surface area contributed by atoms with Crippen LogP contribution >= 0.6 is 0 Å². The third kappa shape index (κ3) is 2.51. The zero-order chi connectivity index (χ0) is 13.4. The third-order valence-electron chi connectivity index (χ3n) is 5.29. The van der Waals surface area contributed by atoms with E-state index >= 15 is 0 Å². The van der Waals surface area contributed by atoms with E-state index in [1.165, 1.54) is 56.1 Å². The van der Waals surface area contributed by atoms with E-state index in [-0.39, 0.29) is 11.7 Å². The van der Waals surface area contributed by atoms with E-state index in [2.05, 4.69) is 29.6 Å². The molecule has 3 aliphatic rings. The fourth-order valence-corrected chi connectivity index (χ4v) is 3.89. The van der Waals surface area contributed by atoms with Crippen LogP contribution in [0.25, 0.3) is 0 Å². The summed E-state index contributed by atoms with van der Waals surface area (Å²) in [5, 5.41) is 3.62. The van der Waals surface area contributed by atoms with Crippen molar-refractivity contribution in [3.63, 3.8) is 0 Å². The molecule has 0 aromatic heterocycles. The van der Waals surface area contributed by atoms with Gasteiger partial charge in [-0.15, -0.1) is 0 Å². The summed E-state index contributed by atoms with van der Waals surface area (Å²) in [6, 6.07) is 9.22. The van der Waals surface area contributed by atoms with Crippen LogP contribution < -0.4 is 5.32 Å². The highest BCUT2D eigenvalue weighted by Gasteiger charge is 2.38. The van der Waals surface area contributed by atoms with Gasteiger partial charge in [-0.25, -0.2) is 0 Å². The predicted molar refractivity (Wildman–Crippen MR) is 80.9 cm³/mol. The molecule has 1 aromatic rings. The van der Waals surface area contributed by atoms with Crippen LogP contribution in [0.2, 0.25) is 0 Å². The number of benzene rings is 1. The van der Waals surface area contributed by atoms with Crippen molar-refractivity contribution < 1.29 is 4.74 Å². The first-order valence-electron chi connectivity index (χ1n) is 8.33. The van der Waals surface area contributed by atoms with Gasteiger partial charge in [0.1, 0.15) is 0 Å². The normalized spacial score (nSPS) is 29.5. The van der Waals surface area contributed by atoms with E-state index in [0.717, 1.165) is 19.0 Å². The maximum absolute atomic E-state index is 6.55. The van der Waals surface area contributed by atoms with E-state index in [1.807, 2.05) is 0 Å². The van der Waals surface area contributed by atoms with Crippen LogP contribution in [0.15, 0.2) is 24.3 Å². The van der Waals surface area contributed by atoms with Gasteiger partial charge in [-0.1, -0.05) is 43.5 Å². The van der Waals surface area contributed by atoms with Crippen molar-refractivity contribution in [3.05, 3.63) is 35.4 Å². The Morgan fingerprint density at radius 3 is 2.35 bits per heavy atom. The van der Waals surface area contributed by atoms with Gasteiger partial charge in [-0.2, -0.15) is 0 Å². The van der Waals surface area contributed by atoms with Crippen LogP contribution in [0.1, 0.15) is 68.1 Å². The summed E-state index contributed by atoms with van der Waals surface area (Å²) in [6.07, 6.45) is 9.51. The zero-order valence-electron chi connectivity index (χ0n) is 12.2. The maximum atomic E-state index is 6.55. The van der Waals surface area contributed by atoms with Crippen LogP contribution in [0.3, 0.4) is 0 Å². The summed E-state index contributed by atoms with van der Waals surface area (Å²) in [7, 11) is 0. The average Bonchev–Trinajstić information content (AvgIpc) is 3.33. The van der Waals surface area contributed by atoms with Crippen LogP contribution in [0.4, 0.5) is 0 Å². The summed E-state index contributed by atoms with van der Waals surface area (Å²) in [5.41, 5.74) is 2.99. The van der Waals surface area contributed by atoms with Gasteiger partial charge in [-0.3, -0.25) is 0 Å². The summed E-state index contributed by atoms with van der Waals surface area (Å²) in [5.74, 6) is 0.846. The van der Waals surface area contributed by atoms with Crippen LogP contribution in [0.5, 0.6) is 0 Å². The molecule has 1 unspecified atom stereocenters. The lowest BCUT2D eigenvalue weighted by atomic mass is 9.83. The third-order valence-corrected chi connectivity index (χ3v) is 5.29. The minimum absolute atomic E-state index is 0.121. The van der Waals surface area contributed by atoms with Crippen LogP contribution in [-0.2, 0) is 4.74 Å². The topological polar surface area (TPSA) is 21.3 Å². The van der Waals surface area contributed by atoms with Gasteiger partial charge in [0.15, 0.2) is 0 Å². The Balaban J connectivity index is 1.49. The second-order valence-electron chi connectivity index (χ2n) is 6.92. The van der Waals surface area contributed by atoms with Crippen molar-refractivity contribution in [1.82, 2.24) is 5.32 Å². The van der Waals surface area contributed by atoms with Crippen molar-refractivity contribution in [3.8, 4) is 0 Å². The van der Waals surface area contributed by atoms with Crippen molar-refractivity contribution in [2.75, 3.05) is 13.1 Å². The molecule has 20 heavy (non-hydrogen) atoms. The number of hydrogen-bond donors (Lipinski definition) is 1. The molecule has 1 saturated heterocycles. The lowest BCUT2D eigenvalue weighted by molar-refractivity contribution is -0.135. The molecule has 2 nitrogen and oxygen atoms in total. The van der Waals surface area contributed by atoms with E-state index < -0.39 is 0 Å². The minimum Gasteiger partial charge on any atom is -0.364 e. The standard InChI is InChI=1S/C18H25NO/c1-2-10-18(11-3-1)13-19-12-17(20-18)16-8-6-15(7-9-16)14-4-5-14/h6-9,14,17,19H,1-5,10-13H2. The van der Waals surface area contributed by atoms with E-state index in [1.54, 1.807) is 0 Å². The molecule has 2 saturated carbocycles. The van der Waals surface area contributed by atoms with Crippen molar-refractivity contribution in [1.29, 1.82) is 0 Å². The van der Waals surface area contributed by atoms with Gasteiger partial charge in [-0.05, 0) is 42.7 Å². The highest BCUT2D eigenvalue weighted by molar-refractivity contribution is 5.29. The van der Waals surface area contributed by atoms with Gasteiger partial charge in [0, 0.05) is 13.1 Å². The number of nitrogens with one attached hydrogen (secondary N) is 1. The molecule has 2 heteroatoms. The Morgan fingerprint density at radius 2 is 1.65 bits per heavy atom. The van der Waals surface area contributed by atoms with E-state index in [9.17, 15) is 0 Å². The Kier molecular flexibility index (Phi) is 3.31. The molecule has 1 aliphatic heterocycles. The first kappa shape index (κ1) is 12.8. The lowest BCUT2D eigenvalue weighted by Crippen LogP contribution is -2.51. The SMILES string of the molecule is c1cc(C2CNCC3(CCCCC3)O2)ccc1C1CC1. The molecular weight excluding hydrogens is 246 g/mol. The molecule has 1 heterocycles. The zero-order valence-corrected chi connectivity index (χ0v) is 12.2. The Labute approximate surface area is 121 Å². The minimum atomic E-state index is 0.121. The molecular formula is C18H25NO. The Bertz CT molecular complexity index is 451. The molecule has 108 valence electrons. The number of ether oxygens (including phenoxy) is 1. The molecule has 1 aromatic carbocycles. The maximum Gasteiger partial charge on any atom is 0.0957 e. The molecule has 4 rings (SSSR count). The largest absolute Gasteiger partial charge is 0.364 e. The first-order valence-corrected chi connectivity index (χ1v) is 8.33. The molecule has 0 amide bonds. The van der Waals surface area contributed by atoms with Gasteiger partial charge in [0.05, 0.1) is 11.7 Å². The lowest BCUT2D eigenvalue weighted by Gasteiger charge is -2.44. The highest BCUT2D eigenvalue weighted by atomic mass is 16.5. The number of rotatable bonds is 2.